The van der Waals surface area contributed by atoms with Crippen LogP contribution in [-0.2, 0) is 6.42 Å². The standard InChI is InChI=1S/C20H21Br2NO3/c1-2-3-4-5-14-6-8-16(9-7-14)20(24)19(22)18(21)15-10-12-17(13-11-15)23(25)26/h6-13,18-19H,2-5H2,1H3/t18-,19+/m1/s1. The van der Waals surface area contributed by atoms with Crippen molar-refractivity contribution in [3.8, 4) is 0 Å². The molecule has 0 saturated carbocycles. The number of non-ortho nitro benzene ring substituents is 1. The van der Waals surface area contributed by atoms with Crippen molar-refractivity contribution >= 4 is 43.3 Å². The summed E-state index contributed by atoms with van der Waals surface area (Å²) in [6.45, 7) is 2.18. The Balaban J connectivity index is 2.04. The van der Waals surface area contributed by atoms with Crippen molar-refractivity contribution in [3.63, 3.8) is 0 Å². The van der Waals surface area contributed by atoms with Crippen LogP contribution in [-0.4, -0.2) is 15.5 Å². The molecule has 0 fully saturated rings. The number of carbonyl (C=O) groups excluding carboxylic acids is 1. The first-order chi connectivity index (χ1) is 12.4. The van der Waals surface area contributed by atoms with Gasteiger partial charge in [-0.3, -0.25) is 14.9 Å². The van der Waals surface area contributed by atoms with Gasteiger partial charge in [-0.2, -0.15) is 0 Å². The van der Waals surface area contributed by atoms with Gasteiger partial charge in [0.25, 0.3) is 5.69 Å². The number of benzene rings is 2. The molecule has 0 spiro atoms. The summed E-state index contributed by atoms with van der Waals surface area (Å²) < 4.78 is 0. The van der Waals surface area contributed by atoms with Gasteiger partial charge in [-0.25, -0.2) is 0 Å². The molecule has 0 amide bonds. The highest BCUT2D eigenvalue weighted by Gasteiger charge is 2.26. The van der Waals surface area contributed by atoms with E-state index in [1.54, 1.807) is 12.1 Å². The lowest BCUT2D eigenvalue weighted by Crippen LogP contribution is -2.19. The summed E-state index contributed by atoms with van der Waals surface area (Å²) in [5.74, 6) is -0.0228. The van der Waals surface area contributed by atoms with E-state index < -0.39 is 9.75 Å². The van der Waals surface area contributed by atoms with Crippen LogP contribution in [0.4, 0.5) is 5.69 Å². The summed E-state index contributed by atoms with van der Waals surface area (Å²) in [6, 6.07) is 14.0. The van der Waals surface area contributed by atoms with Crippen molar-refractivity contribution < 1.29 is 9.72 Å². The van der Waals surface area contributed by atoms with Crippen LogP contribution in [0.3, 0.4) is 0 Å². The minimum absolute atomic E-state index is 0.0228. The van der Waals surface area contributed by atoms with Crippen LogP contribution in [0, 0.1) is 10.1 Å². The first-order valence-corrected chi connectivity index (χ1v) is 10.4. The molecule has 2 rings (SSSR count). The van der Waals surface area contributed by atoms with Gasteiger partial charge in [-0.05, 0) is 24.0 Å². The van der Waals surface area contributed by atoms with E-state index in [0.29, 0.717) is 5.56 Å². The van der Waals surface area contributed by atoms with Crippen molar-refractivity contribution in [1.29, 1.82) is 0 Å². The van der Waals surface area contributed by atoms with Crippen LogP contribution >= 0.6 is 31.9 Å². The van der Waals surface area contributed by atoms with Crippen LogP contribution in [0.15, 0.2) is 48.5 Å². The zero-order valence-electron chi connectivity index (χ0n) is 14.5. The number of nitro benzene ring substituents is 1. The fraction of sp³-hybridized carbons (Fsp3) is 0.350. The Bertz CT molecular complexity index is 745. The van der Waals surface area contributed by atoms with Gasteiger partial charge in [0.05, 0.1) is 14.6 Å². The highest BCUT2D eigenvalue weighted by atomic mass is 79.9. The molecule has 6 heteroatoms. The maximum absolute atomic E-state index is 12.7. The largest absolute Gasteiger partial charge is 0.293 e. The molecule has 0 N–H and O–H groups in total. The fourth-order valence-corrected chi connectivity index (χ4v) is 3.77. The summed E-state index contributed by atoms with van der Waals surface area (Å²) in [5.41, 5.74) is 2.73. The number of hydrogen-bond donors (Lipinski definition) is 0. The Kier molecular flexibility index (Phi) is 7.97. The van der Waals surface area contributed by atoms with Gasteiger partial charge in [0.1, 0.15) is 0 Å². The van der Waals surface area contributed by atoms with E-state index in [0.717, 1.165) is 18.4 Å². The number of rotatable bonds is 9. The third-order valence-corrected chi connectivity index (χ3v) is 6.95. The number of Topliss-reactive ketones (excluding diaryl/α,β-unsaturated/α-hetero) is 1. The molecule has 0 saturated heterocycles. The van der Waals surface area contributed by atoms with Crippen LogP contribution < -0.4 is 0 Å². The first kappa shape index (κ1) is 20.8. The normalized spacial score (nSPS) is 13.2. The lowest BCUT2D eigenvalue weighted by Gasteiger charge is -2.16. The topological polar surface area (TPSA) is 60.2 Å². The number of nitrogens with zero attached hydrogens (tertiary/aromatic N) is 1. The second-order valence-corrected chi connectivity index (χ2v) is 8.14. The molecular formula is C20H21Br2NO3. The number of carbonyl (C=O) groups is 1. The number of unbranched alkanes of at least 4 members (excludes halogenated alkanes) is 2. The predicted octanol–water partition coefficient (Wildman–Crippen LogP) is 6.41. The molecule has 2 aromatic rings. The molecule has 0 heterocycles. The monoisotopic (exact) mass is 481 g/mol. The van der Waals surface area contributed by atoms with Crippen LogP contribution in [0.2, 0.25) is 0 Å². The molecule has 0 bridgehead atoms. The molecule has 138 valence electrons. The molecule has 2 aromatic carbocycles. The van der Waals surface area contributed by atoms with Crippen molar-refractivity contribution in [2.45, 2.75) is 42.3 Å². The summed E-state index contributed by atoms with van der Waals surface area (Å²) in [7, 11) is 0. The smallest absolute Gasteiger partial charge is 0.269 e. The molecule has 26 heavy (non-hydrogen) atoms. The summed E-state index contributed by atoms with van der Waals surface area (Å²) >= 11 is 7.00. The average Bonchev–Trinajstić information content (AvgIpc) is 2.67. The number of nitro groups is 1. The van der Waals surface area contributed by atoms with E-state index in [1.165, 1.54) is 30.5 Å². The molecular weight excluding hydrogens is 462 g/mol. The Hall–Kier alpha value is -1.53. The van der Waals surface area contributed by atoms with E-state index in [2.05, 4.69) is 38.8 Å². The van der Waals surface area contributed by atoms with Gasteiger partial charge in [0.15, 0.2) is 5.78 Å². The molecule has 0 unspecified atom stereocenters. The third-order valence-electron chi connectivity index (χ3n) is 4.24. The average molecular weight is 483 g/mol. The minimum atomic E-state index is -0.463. The zero-order valence-corrected chi connectivity index (χ0v) is 17.7. The van der Waals surface area contributed by atoms with E-state index >= 15 is 0 Å². The Labute approximate surface area is 170 Å². The van der Waals surface area contributed by atoms with Crippen LogP contribution in [0.1, 0.15) is 52.5 Å². The lowest BCUT2D eigenvalue weighted by molar-refractivity contribution is -0.384. The number of hydrogen-bond acceptors (Lipinski definition) is 3. The fourth-order valence-electron chi connectivity index (χ4n) is 2.66. The Morgan fingerprint density at radius 3 is 2.19 bits per heavy atom. The summed E-state index contributed by atoms with van der Waals surface area (Å²) in [5, 5.41) is 10.8. The maximum Gasteiger partial charge on any atom is 0.269 e. The molecule has 0 aliphatic carbocycles. The maximum atomic E-state index is 12.7. The second-order valence-electron chi connectivity index (χ2n) is 6.17. The second kappa shape index (κ2) is 9.97. The van der Waals surface area contributed by atoms with Crippen molar-refractivity contribution in [3.05, 3.63) is 75.3 Å². The SMILES string of the molecule is CCCCCc1ccc(C(=O)[C@@H](Br)[C@H](Br)c2ccc([N+](=O)[O-])cc2)cc1. The number of alkyl halides is 2. The van der Waals surface area contributed by atoms with Gasteiger partial charge >= 0.3 is 0 Å². The van der Waals surface area contributed by atoms with Crippen LogP contribution in [0.25, 0.3) is 0 Å². The number of aryl methyl sites for hydroxylation is 1. The van der Waals surface area contributed by atoms with Crippen molar-refractivity contribution in [1.82, 2.24) is 0 Å². The molecule has 0 aromatic heterocycles. The van der Waals surface area contributed by atoms with E-state index in [9.17, 15) is 14.9 Å². The molecule has 4 nitrogen and oxygen atoms in total. The van der Waals surface area contributed by atoms with Gasteiger partial charge in [0, 0.05) is 17.7 Å². The molecule has 0 aliphatic heterocycles. The third kappa shape index (κ3) is 5.48. The molecule has 0 radical (unpaired) electrons. The molecule has 2 atom stereocenters. The highest BCUT2D eigenvalue weighted by molar-refractivity contribution is 9.12. The first-order valence-electron chi connectivity index (χ1n) is 8.59. The summed E-state index contributed by atoms with van der Waals surface area (Å²) in [4.78, 5) is 22.3. The Morgan fingerprint density at radius 1 is 1.04 bits per heavy atom. The van der Waals surface area contributed by atoms with Crippen molar-refractivity contribution in [2.24, 2.45) is 0 Å². The van der Waals surface area contributed by atoms with E-state index in [4.69, 9.17) is 0 Å². The van der Waals surface area contributed by atoms with Crippen LogP contribution in [0.5, 0.6) is 0 Å². The van der Waals surface area contributed by atoms with Gasteiger partial charge < -0.3 is 0 Å². The predicted molar refractivity (Wildman–Crippen MR) is 111 cm³/mol. The zero-order chi connectivity index (χ0) is 19.1. The van der Waals surface area contributed by atoms with Gasteiger partial charge in [0.2, 0.25) is 0 Å². The lowest BCUT2D eigenvalue weighted by atomic mass is 10.00. The van der Waals surface area contributed by atoms with Crippen molar-refractivity contribution in [2.75, 3.05) is 0 Å². The van der Waals surface area contributed by atoms with Gasteiger partial charge in [-0.1, -0.05) is 88.0 Å². The van der Waals surface area contributed by atoms with E-state index in [-0.39, 0.29) is 16.3 Å². The Morgan fingerprint density at radius 2 is 1.65 bits per heavy atom. The molecule has 0 aliphatic rings. The van der Waals surface area contributed by atoms with Gasteiger partial charge in [-0.15, -0.1) is 0 Å². The van der Waals surface area contributed by atoms with E-state index in [1.807, 2.05) is 24.3 Å². The number of ketones is 1. The minimum Gasteiger partial charge on any atom is -0.293 e. The number of halogens is 2. The summed E-state index contributed by atoms with van der Waals surface area (Å²) in [6.07, 6.45) is 4.60. The highest BCUT2D eigenvalue weighted by Crippen LogP contribution is 2.34. The quantitative estimate of drug-likeness (QED) is 0.136.